The molecule has 2 heterocycles. The highest BCUT2D eigenvalue weighted by Gasteiger charge is 2.08. The zero-order chi connectivity index (χ0) is 9.80. The fourth-order valence-electron chi connectivity index (χ4n) is 1.26. The summed E-state index contributed by atoms with van der Waals surface area (Å²) in [6.45, 7) is 0. The number of hydrogen-bond acceptors (Lipinski definition) is 2. The maximum absolute atomic E-state index is 6.28. The minimum absolute atomic E-state index is 0.124. The lowest BCUT2D eigenvalue weighted by Gasteiger charge is -2.08. The van der Waals surface area contributed by atoms with Gasteiger partial charge in [0.05, 0.1) is 5.38 Å². The number of hydrogen-bond donors (Lipinski definition) is 0. The largest absolute Gasteiger partial charge is 0.265 e. The van der Waals surface area contributed by atoms with E-state index >= 15 is 0 Å². The smallest absolute Gasteiger partial charge is 0.0837 e. The molecule has 0 saturated carbocycles. The molecule has 2 aromatic heterocycles. The lowest BCUT2D eigenvalue weighted by molar-refractivity contribution is 1.10. The third-order valence-corrected chi connectivity index (χ3v) is 2.50. The second-order valence-corrected chi connectivity index (χ2v) is 3.36. The van der Waals surface area contributed by atoms with Crippen molar-refractivity contribution in [2.24, 2.45) is 0 Å². The first-order chi connectivity index (χ1) is 6.88. The molecule has 0 fully saturated rings. The van der Waals surface area contributed by atoms with Crippen LogP contribution in [0.5, 0.6) is 0 Å². The molecule has 0 aliphatic heterocycles. The number of aromatic nitrogens is 2. The van der Waals surface area contributed by atoms with Crippen molar-refractivity contribution in [2.45, 2.75) is 5.38 Å². The van der Waals surface area contributed by atoms with Gasteiger partial charge >= 0.3 is 0 Å². The van der Waals surface area contributed by atoms with E-state index in [1.165, 1.54) is 0 Å². The maximum Gasteiger partial charge on any atom is 0.0837 e. The Morgan fingerprint density at radius 3 is 1.50 bits per heavy atom. The van der Waals surface area contributed by atoms with Crippen molar-refractivity contribution in [3.63, 3.8) is 0 Å². The summed E-state index contributed by atoms with van der Waals surface area (Å²) in [6.07, 6.45) is 6.97. The van der Waals surface area contributed by atoms with Crippen molar-refractivity contribution >= 4 is 11.6 Å². The van der Waals surface area contributed by atoms with Gasteiger partial charge in [0.1, 0.15) is 0 Å². The number of halogens is 1. The monoisotopic (exact) mass is 204 g/mol. The molecule has 0 radical (unpaired) electrons. The van der Waals surface area contributed by atoms with Gasteiger partial charge in [-0.05, 0) is 35.4 Å². The molecule has 0 spiro atoms. The third-order valence-electron chi connectivity index (χ3n) is 2.00. The van der Waals surface area contributed by atoms with Crippen molar-refractivity contribution in [1.29, 1.82) is 0 Å². The molecule has 0 aliphatic carbocycles. The van der Waals surface area contributed by atoms with Gasteiger partial charge in [-0.25, -0.2) is 0 Å². The van der Waals surface area contributed by atoms with Crippen LogP contribution in [0.4, 0.5) is 0 Å². The van der Waals surface area contributed by atoms with E-state index < -0.39 is 0 Å². The Hall–Kier alpha value is -1.41. The van der Waals surface area contributed by atoms with Crippen LogP contribution in [0.1, 0.15) is 16.5 Å². The van der Waals surface area contributed by atoms with Gasteiger partial charge in [0.15, 0.2) is 0 Å². The first-order valence-electron chi connectivity index (χ1n) is 4.32. The molecule has 2 aromatic rings. The Morgan fingerprint density at radius 2 is 1.14 bits per heavy atom. The summed E-state index contributed by atoms with van der Waals surface area (Å²) >= 11 is 6.28. The highest BCUT2D eigenvalue weighted by atomic mass is 35.5. The highest BCUT2D eigenvalue weighted by molar-refractivity contribution is 6.22. The third kappa shape index (κ3) is 1.91. The van der Waals surface area contributed by atoms with Crippen molar-refractivity contribution in [2.75, 3.05) is 0 Å². The number of nitrogens with zero attached hydrogens (tertiary/aromatic N) is 2. The molecule has 0 amide bonds. The van der Waals surface area contributed by atoms with Crippen LogP contribution in [-0.2, 0) is 0 Å². The van der Waals surface area contributed by atoms with Crippen LogP contribution in [0.15, 0.2) is 49.1 Å². The van der Waals surface area contributed by atoms with Crippen LogP contribution in [0.3, 0.4) is 0 Å². The lowest BCUT2D eigenvalue weighted by atomic mass is 10.1. The molecule has 0 saturated heterocycles. The van der Waals surface area contributed by atoms with Gasteiger partial charge in [-0.15, -0.1) is 11.6 Å². The van der Waals surface area contributed by atoms with E-state index in [9.17, 15) is 0 Å². The normalized spacial score (nSPS) is 10.4. The van der Waals surface area contributed by atoms with E-state index in [0.717, 1.165) is 11.1 Å². The fourth-order valence-corrected chi connectivity index (χ4v) is 1.55. The Morgan fingerprint density at radius 1 is 0.786 bits per heavy atom. The SMILES string of the molecule is ClC(c1ccncc1)c1ccncc1. The van der Waals surface area contributed by atoms with E-state index in [0.29, 0.717) is 0 Å². The van der Waals surface area contributed by atoms with E-state index in [2.05, 4.69) is 9.97 Å². The fraction of sp³-hybridized carbons (Fsp3) is 0.0909. The Bertz CT molecular complexity index is 349. The summed E-state index contributed by atoms with van der Waals surface area (Å²) in [7, 11) is 0. The standard InChI is InChI=1S/C11H9ClN2/c12-11(9-1-5-13-6-2-9)10-3-7-14-8-4-10/h1-8,11H. The summed E-state index contributed by atoms with van der Waals surface area (Å²) in [6, 6.07) is 7.66. The van der Waals surface area contributed by atoms with Gasteiger partial charge in [-0.3, -0.25) is 9.97 Å². The molecule has 0 atom stereocenters. The van der Waals surface area contributed by atoms with Crippen LogP contribution in [-0.4, -0.2) is 9.97 Å². The van der Waals surface area contributed by atoms with Crippen molar-refractivity contribution < 1.29 is 0 Å². The Labute approximate surface area is 87.6 Å². The van der Waals surface area contributed by atoms with Gasteiger partial charge in [-0.2, -0.15) is 0 Å². The predicted molar refractivity (Wildman–Crippen MR) is 56.2 cm³/mol. The number of pyridine rings is 2. The van der Waals surface area contributed by atoms with Gasteiger partial charge in [0.2, 0.25) is 0 Å². The first-order valence-corrected chi connectivity index (χ1v) is 4.75. The van der Waals surface area contributed by atoms with Gasteiger partial charge < -0.3 is 0 Å². The molecule has 3 heteroatoms. The Balaban J connectivity index is 2.30. The second-order valence-electron chi connectivity index (χ2n) is 2.92. The minimum Gasteiger partial charge on any atom is -0.265 e. The van der Waals surface area contributed by atoms with E-state index in [1.54, 1.807) is 24.8 Å². The summed E-state index contributed by atoms with van der Waals surface area (Å²) in [5.41, 5.74) is 2.10. The average Bonchev–Trinajstić information content (AvgIpc) is 2.30. The number of alkyl halides is 1. The summed E-state index contributed by atoms with van der Waals surface area (Å²) in [5, 5.41) is -0.124. The van der Waals surface area contributed by atoms with Crippen molar-refractivity contribution in [1.82, 2.24) is 9.97 Å². The Kier molecular flexibility index (Phi) is 2.75. The van der Waals surface area contributed by atoms with E-state index in [-0.39, 0.29) is 5.38 Å². The lowest BCUT2D eigenvalue weighted by Crippen LogP contribution is -1.92. The molecule has 0 N–H and O–H groups in total. The minimum atomic E-state index is -0.124. The molecule has 14 heavy (non-hydrogen) atoms. The predicted octanol–water partition coefficient (Wildman–Crippen LogP) is 2.80. The maximum atomic E-state index is 6.28. The number of rotatable bonds is 2. The quantitative estimate of drug-likeness (QED) is 0.703. The molecule has 0 aromatic carbocycles. The van der Waals surface area contributed by atoms with Crippen molar-refractivity contribution in [3.8, 4) is 0 Å². The van der Waals surface area contributed by atoms with Gasteiger partial charge in [0.25, 0.3) is 0 Å². The zero-order valence-electron chi connectivity index (χ0n) is 7.47. The van der Waals surface area contributed by atoms with Crippen LogP contribution in [0.25, 0.3) is 0 Å². The van der Waals surface area contributed by atoms with Gasteiger partial charge in [0, 0.05) is 24.8 Å². The molecular formula is C11H9ClN2. The molecule has 0 bridgehead atoms. The van der Waals surface area contributed by atoms with Crippen LogP contribution >= 0.6 is 11.6 Å². The van der Waals surface area contributed by atoms with Crippen molar-refractivity contribution in [3.05, 3.63) is 60.2 Å². The summed E-state index contributed by atoms with van der Waals surface area (Å²) in [5.74, 6) is 0. The summed E-state index contributed by atoms with van der Waals surface area (Å²) < 4.78 is 0. The average molecular weight is 205 g/mol. The second kappa shape index (κ2) is 4.20. The van der Waals surface area contributed by atoms with Gasteiger partial charge in [-0.1, -0.05) is 0 Å². The molecule has 2 rings (SSSR count). The topological polar surface area (TPSA) is 25.8 Å². The van der Waals surface area contributed by atoms with Crippen LogP contribution in [0, 0.1) is 0 Å². The molecular weight excluding hydrogens is 196 g/mol. The molecule has 0 unspecified atom stereocenters. The first kappa shape index (κ1) is 9.16. The van der Waals surface area contributed by atoms with Crippen LogP contribution in [0.2, 0.25) is 0 Å². The molecule has 0 aliphatic rings. The molecule has 2 nitrogen and oxygen atoms in total. The van der Waals surface area contributed by atoms with Crippen LogP contribution < -0.4 is 0 Å². The zero-order valence-corrected chi connectivity index (χ0v) is 8.22. The molecule has 70 valence electrons. The summed E-state index contributed by atoms with van der Waals surface area (Å²) in [4.78, 5) is 7.90. The highest BCUT2D eigenvalue weighted by Crippen LogP contribution is 2.27. The van der Waals surface area contributed by atoms with E-state index in [4.69, 9.17) is 11.6 Å². The van der Waals surface area contributed by atoms with E-state index in [1.807, 2.05) is 24.3 Å².